The molecular formula is C18H25N3O2S. The molecule has 0 aliphatic carbocycles. The van der Waals surface area contributed by atoms with Crippen LogP contribution in [-0.2, 0) is 10.0 Å². The lowest BCUT2D eigenvalue weighted by molar-refractivity contribution is 0.601. The van der Waals surface area contributed by atoms with E-state index >= 15 is 0 Å². The normalized spacial score (nSPS) is 11.3. The average Bonchev–Trinajstić information content (AvgIpc) is 2.55. The largest absolute Gasteiger partial charge is 0.384 e. The number of nitrogens with zero attached hydrogens (tertiary/aromatic N) is 1. The van der Waals surface area contributed by atoms with E-state index in [0.717, 1.165) is 29.8 Å². The highest BCUT2D eigenvalue weighted by Crippen LogP contribution is 2.18. The molecule has 2 N–H and O–H groups in total. The molecule has 0 fully saturated rings. The summed E-state index contributed by atoms with van der Waals surface area (Å²) >= 11 is 0. The predicted octanol–water partition coefficient (Wildman–Crippen LogP) is 4.10. The van der Waals surface area contributed by atoms with E-state index in [0.29, 0.717) is 5.82 Å². The Kier molecular flexibility index (Phi) is 6.20. The minimum Gasteiger partial charge on any atom is -0.384 e. The molecule has 0 aliphatic rings. The van der Waals surface area contributed by atoms with E-state index in [1.54, 1.807) is 30.5 Å². The number of unbranched alkanes of at least 4 members (excludes halogenated alkanes) is 2. The van der Waals surface area contributed by atoms with Gasteiger partial charge >= 0.3 is 0 Å². The molecule has 0 atom stereocenters. The van der Waals surface area contributed by atoms with Crippen molar-refractivity contribution in [2.24, 2.45) is 0 Å². The van der Waals surface area contributed by atoms with Gasteiger partial charge in [-0.25, -0.2) is 13.4 Å². The van der Waals surface area contributed by atoms with E-state index in [4.69, 9.17) is 0 Å². The van der Waals surface area contributed by atoms with E-state index in [1.165, 1.54) is 12.8 Å². The molecule has 2 aromatic rings. The van der Waals surface area contributed by atoms with Crippen molar-refractivity contribution in [1.82, 2.24) is 4.98 Å². The van der Waals surface area contributed by atoms with E-state index in [2.05, 4.69) is 21.9 Å². The molecule has 0 amide bonds. The van der Waals surface area contributed by atoms with Gasteiger partial charge in [-0.05, 0) is 55.7 Å². The van der Waals surface area contributed by atoms with Gasteiger partial charge in [-0.3, -0.25) is 4.72 Å². The first kappa shape index (κ1) is 18.3. The molecule has 6 heteroatoms. The number of aryl methyl sites for hydroxylation is 2. The highest BCUT2D eigenvalue weighted by molar-refractivity contribution is 7.92. The quantitative estimate of drug-likeness (QED) is 0.705. The van der Waals surface area contributed by atoms with Crippen LogP contribution in [0.5, 0.6) is 0 Å². The minimum absolute atomic E-state index is 0.245. The number of sulfonamides is 1. The molecule has 24 heavy (non-hydrogen) atoms. The maximum absolute atomic E-state index is 12.4. The summed E-state index contributed by atoms with van der Waals surface area (Å²) in [5, 5.41) is 3.28. The van der Waals surface area contributed by atoms with Gasteiger partial charge in [0.1, 0.15) is 5.82 Å². The first-order chi connectivity index (χ1) is 11.4. The minimum atomic E-state index is -3.62. The fourth-order valence-electron chi connectivity index (χ4n) is 2.24. The zero-order chi connectivity index (χ0) is 17.6. The molecule has 5 nitrogen and oxygen atoms in total. The summed E-state index contributed by atoms with van der Waals surface area (Å²) in [5.41, 5.74) is 2.89. The maximum atomic E-state index is 12.4. The number of anilines is 2. The first-order valence-corrected chi connectivity index (χ1v) is 9.70. The molecular weight excluding hydrogens is 322 g/mol. The predicted molar refractivity (Wildman–Crippen MR) is 99.0 cm³/mol. The fourth-order valence-corrected chi connectivity index (χ4v) is 3.34. The van der Waals surface area contributed by atoms with Gasteiger partial charge in [0.15, 0.2) is 0 Å². The van der Waals surface area contributed by atoms with E-state index in [-0.39, 0.29) is 4.90 Å². The molecule has 1 heterocycles. The second kappa shape index (κ2) is 8.15. The summed E-state index contributed by atoms with van der Waals surface area (Å²) in [4.78, 5) is 4.42. The molecule has 0 aliphatic heterocycles. The van der Waals surface area contributed by atoms with Crippen LogP contribution in [0, 0.1) is 13.8 Å². The van der Waals surface area contributed by atoms with Crippen molar-refractivity contribution in [1.29, 1.82) is 0 Å². The van der Waals surface area contributed by atoms with Crippen LogP contribution in [0.1, 0.15) is 37.3 Å². The van der Waals surface area contributed by atoms with Crippen LogP contribution in [0.2, 0.25) is 0 Å². The summed E-state index contributed by atoms with van der Waals surface area (Å²) < 4.78 is 27.4. The second-order valence-electron chi connectivity index (χ2n) is 5.92. The van der Waals surface area contributed by atoms with Crippen molar-refractivity contribution in [3.05, 3.63) is 47.7 Å². The third kappa shape index (κ3) is 4.96. The van der Waals surface area contributed by atoms with Crippen molar-refractivity contribution < 1.29 is 8.42 Å². The zero-order valence-electron chi connectivity index (χ0n) is 14.5. The summed E-state index contributed by atoms with van der Waals surface area (Å²) in [7, 11) is -3.62. The Morgan fingerprint density at radius 1 is 1.04 bits per heavy atom. The van der Waals surface area contributed by atoms with Crippen molar-refractivity contribution >= 4 is 21.5 Å². The van der Waals surface area contributed by atoms with Crippen LogP contribution in [0.4, 0.5) is 11.5 Å². The van der Waals surface area contributed by atoms with E-state index < -0.39 is 10.0 Å². The van der Waals surface area contributed by atoms with E-state index in [1.807, 2.05) is 19.9 Å². The van der Waals surface area contributed by atoms with Crippen LogP contribution < -0.4 is 10.0 Å². The van der Waals surface area contributed by atoms with Gasteiger partial charge in [-0.1, -0.05) is 25.8 Å². The van der Waals surface area contributed by atoms with Gasteiger partial charge in [0.25, 0.3) is 10.0 Å². The lowest BCUT2D eigenvalue weighted by Crippen LogP contribution is -2.14. The van der Waals surface area contributed by atoms with Crippen molar-refractivity contribution in [2.75, 3.05) is 16.6 Å². The molecule has 0 unspecified atom stereocenters. The maximum Gasteiger partial charge on any atom is 0.263 e. The van der Waals surface area contributed by atoms with Crippen LogP contribution in [0.3, 0.4) is 0 Å². The van der Waals surface area contributed by atoms with Gasteiger partial charge in [-0.2, -0.15) is 0 Å². The molecule has 0 bridgehead atoms. The lowest BCUT2D eigenvalue weighted by atomic mass is 10.1. The van der Waals surface area contributed by atoms with Gasteiger partial charge in [0, 0.05) is 6.54 Å². The van der Waals surface area contributed by atoms with Crippen molar-refractivity contribution in [3.63, 3.8) is 0 Å². The highest BCUT2D eigenvalue weighted by atomic mass is 32.2. The van der Waals surface area contributed by atoms with Gasteiger partial charge in [-0.15, -0.1) is 0 Å². The van der Waals surface area contributed by atoms with Crippen molar-refractivity contribution in [2.45, 2.75) is 44.9 Å². The monoisotopic (exact) mass is 347 g/mol. The number of nitrogens with one attached hydrogen (secondary N) is 2. The molecule has 0 radical (unpaired) electrons. The van der Waals surface area contributed by atoms with Crippen molar-refractivity contribution in [3.8, 4) is 0 Å². The van der Waals surface area contributed by atoms with Crippen LogP contribution in [0.25, 0.3) is 0 Å². The standard InChI is InChI=1S/C18H25N3O2S/c1-4-5-6-11-19-16-8-10-18(20-13-16)21-24(22,23)17-9-7-14(2)15(3)12-17/h7-10,12-13,19H,4-6,11H2,1-3H3,(H,20,21). The first-order valence-electron chi connectivity index (χ1n) is 8.22. The zero-order valence-corrected chi connectivity index (χ0v) is 15.3. The smallest absolute Gasteiger partial charge is 0.263 e. The number of hydrogen-bond donors (Lipinski definition) is 2. The number of rotatable bonds is 8. The average molecular weight is 347 g/mol. The Morgan fingerprint density at radius 2 is 1.83 bits per heavy atom. The molecule has 1 aromatic heterocycles. The Morgan fingerprint density at radius 3 is 2.46 bits per heavy atom. The highest BCUT2D eigenvalue weighted by Gasteiger charge is 2.15. The fraction of sp³-hybridized carbons (Fsp3) is 0.389. The van der Waals surface area contributed by atoms with Crippen LogP contribution in [-0.4, -0.2) is 19.9 Å². The molecule has 0 saturated carbocycles. The second-order valence-corrected chi connectivity index (χ2v) is 7.60. The summed E-state index contributed by atoms with van der Waals surface area (Å²) in [6, 6.07) is 8.58. The summed E-state index contributed by atoms with van der Waals surface area (Å²) in [5.74, 6) is 0.312. The number of hydrogen-bond acceptors (Lipinski definition) is 4. The molecule has 0 spiro atoms. The Hall–Kier alpha value is -2.08. The van der Waals surface area contributed by atoms with E-state index in [9.17, 15) is 8.42 Å². The van der Waals surface area contributed by atoms with Gasteiger partial charge in [0.2, 0.25) is 0 Å². The number of pyridine rings is 1. The topological polar surface area (TPSA) is 71.1 Å². The third-order valence-corrected chi connectivity index (χ3v) is 5.25. The van der Waals surface area contributed by atoms with Gasteiger partial charge < -0.3 is 5.32 Å². The van der Waals surface area contributed by atoms with Gasteiger partial charge in [0.05, 0.1) is 16.8 Å². The Labute approximate surface area is 144 Å². The molecule has 1 aromatic carbocycles. The molecule has 130 valence electrons. The summed E-state index contributed by atoms with van der Waals surface area (Å²) in [6.45, 7) is 6.90. The summed E-state index contributed by atoms with van der Waals surface area (Å²) in [6.07, 6.45) is 5.12. The third-order valence-electron chi connectivity index (χ3n) is 3.90. The van der Waals surface area contributed by atoms with Crippen LogP contribution in [0.15, 0.2) is 41.4 Å². The molecule has 0 saturated heterocycles. The SMILES string of the molecule is CCCCCNc1ccc(NS(=O)(=O)c2ccc(C)c(C)c2)nc1. The number of aromatic nitrogens is 1. The Balaban J connectivity index is 2.03. The Bertz CT molecular complexity index is 771. The lowest BCUT2D eigenvalue weighted by Gasteiger charge is -2.10. The molecule has 2 rings (SSSR count). The van der Waals surface area contributed by atoms with Crippen LogP contribution >= 0.6 is 0 Å². The number of benzene rings is 1.